The number of carbonyl (C=O) groups is 1. The number of pyridine rings is 1. The fourth-order valence-corrected chi connectivity index (χ4v) is 3.11. The number of hydrogen-bond donors (Lipinski definition) is 1. The molecule has 1 N–H and O–H groups in total. The van der Waals surface area contributed by atoms with Gasteiger partial charge in [-0.2, -0.15) is 0 Å². The Bertz CT molecular complexity index is 1060. The lowest BCUT2D eigenvalue weighted by Crippen LogP contribution is -2.29. The van der Waals surface area contributed by atoms with Gasteiger partial charge >= 0.3 is 0 Å². The molecule has 1 amide bonds. The van der Waals surface area contributed by atoms with Gasteiger partial charge in [0.25, 0.3) is 5.91 Å². The molecule has 29 heavy (non-hydrogen) atoms. The van der Waals surface area contributed by atoms with Gasteiger partial charge in [-0.25, -0.2) is 0 Å². The van der Waals surface area contributed by atoms with Crippen LogP contribution in [0, 0.1) is 0 Å². The second kappa shape index (κ2) is 8.39. The molecule has 144 valence electrons. The summed E-state index contributed by atoms with van der Waals surface area (Å²) in [6.07, 6.45) is 3.44. The summed E-state index contributed by atoms with van der Waals surface area (Å²) in [4.78, 5) is 17.1. The number of rotatable bonds is 6. The number of carbonyl (C=O) groups excluding carboxylic acids is 1. The number of nitrogens with one attached hydrogen (secondary N) is 1. The molecule has 0 radical (unpaired) electrons. The molecule has 0 fully saturated rings. The Labute approximate surface area is 168 Å². The maximum absolute atomic E-state index is 12.9. The van der Waals surface area contributed by atoms with Crippen LogP contribution in [0.25, 0.3) is 11.3 Å². The third-order valence-electron chi connectivity index (χ3n) is 4.54. The molecule has 2 aromatic heterocycles. The standard InChI is InChI=1S/C23H19N3O3/c1-28-20-12-6-5-11-18(20)21-14-19(26-29-21)23(27)25-22(16-8-3-2-4-9-16)17-10-7-13-24-15-17/h2-15,22H,1H3,(H,25,27)/t22-/m1/s1. The summed E-state index contributed by atoms with van der Waals surface area (Å²) in [6, 6.07) is 22.1. The Balaban J connectivity index is 1.61. The normalized spacial score (nSPS) is 11.6. The van der Waals surface area contributed by atoms with Crippen LogP contribution in [-0.4, -0.2) is 23.2 Å². The van der Waals surface area contributed by atoms with Crippen molar-refractivity contribution in [2.45, 2.75) is 6.04 Å². The Morgan fingerprint density at radius 3 is 2.52 bits per heavy atom. The van der Waals surface area contributed by atoms with E-state index in [1.165, 1.54) is 0 Å². The molecular formula is C23H19N3O3. The number of hydrogen-bond acceptors (Lipinski definition) is 5. The molecule has 0 unspecified atom stereocenters. The van der Waals surface area contributed by atoms with Crippen LogP contribution in [0.2, 0.25) is 0 Å². The van der Waals surface area contributed by atoms with Crippen LogP contribution in [0.5, 0.6) is 5.75 Å². The van der Waals surface area contributed by atoms with Crippen LogP contribution in [-0.2, 0) is 0 Å². The molecule has 6 nitrogen and oxygen atoms in total. The average Bonchev–Trinajstić information content (AvgIpc) is 3.29. The summed E-state index contributed by atoms with van der Waals surface area (Å²) in [5.74, 6) is 0.769. The number of benzene rings is 2. The Morgan fingerprint density at radius 1 is 1.00 bits per heavy atom. The number of amides is 1. The summed E-state index contributed by atoms with van der Waals surface area (Å²) < 4.78 is 10.8. The highest BCUT2D eigenvalue weighted by molar-refractivity contribution is 5.93. The summed E-state index contributed by atoms with van der Waals surface area (Å²) in [5.41, 5.74) is 2.74. The van der Waals surface area contributed by atoms with Gasteiger partial charge in [-0.3, -0.25) is 9.78 Å². The molecule has 2 aromatic carbocycles. The molecule has 0 bridgehead atoms. The molecule has 4 aromatic rings. The van der Waals surface area contributed by atoms with Gasteiger partial charge in [0.15, 0.2) is 11.5 Å². The fraction of sp³-hybridized carbons (Fsp3) is 0.0870. The van der Waals surface area contributed by atoms with E-state index in [0.717, 1.165) is 16.7 Å². The van der Waals surface area contributed by atoms with E-state index in [0.29, 0.717) is 11.5 Å². The lowest BCUT2D eigenvalue weighted by atomic mass is 10.00. The SMILES string of the molecule is COc1ccccc1-c1cc(C(=O)N[C@H](c2ccccc2)c2cccnc2)no1. The lowest BCUT2D eigenvalue weighted by Gasteiger charge is -2.18. The maximum atomic E-state index is 12.9. The van der Waals surface area contributed by atoms with Gasteiger partial charge in [0, 0.05) is 18.5 Å². The number of methoxy groups -OCH3 is 1. The first kappa shape index (κ1) is 18.4. The van der Waals surface area contributed by atoms with Crippen LogP contribution in [0.1, 0.15) is 27.7 Å². The fourth-order valence-electron chi connectivity index (χ4n) is 3.11. The van der Waals surface area contributed by atoms with Gasteiger partial charge < -0.3 is 14.6 Å². The molecule has 6 heteroatoms. The summed E-state index contributed by atoms with van der Waals surface area (Å²) in [6.45, 7) is 0. The molecule has 0 saturated heterocycles. The van der Waals surface area contributed by atoms with Gasteiger partial charge in [-0.05, 0) is 29.3 Å². The maximum Gasteiger partial charge on any atom is 0.274 e. The number of aromatic nitrogens is 2. The minimum atomic E-state index is -0.358. The molecular weight excluding hydrogens is 366 g/mol. The molecule has 0 aliphatic heterocycles. The van der Waals surface area contributed by atoms with Crippen molar-refractivity contribution in [3.8, 4) is 17.1 Å². The summed E-state index contributed by atoms with van der Waals surface area (Å²) in [5, 5.41) is 6.98. The second-order valence-corrected chi connectivity index (χ2v) is 6.38. The minimum absolute atomic E-state index is 0.190. The first-order valence-electron chi connectivity index (χ1n) is 9.12. The van der Waals surface area contributed by atoms with Gasteiger partial charge in [0.05, 0.1) is 18.7 Å². The quantitative estimate of drug-likeness (QED) is 0.536. The van der Waals surface area contributed by atoms with Gasteiger partial charge in [0.2, 0.25) is 0 Å². The highest BCUT2D eigenvalue weighted by Crippen LogP contribution is 2.30. The molecule has 0 saturated carbocycles. The van der Waals surface area contributed by atoms with E-state index in [1.807, 2.05) is 66.7 Å². The molecule has 0 aliphatic rings. The largest absolute Gasteiger partial charge is 0.496 e. The number of nitrogens with zero attached hydrogens (tertiary/aromatic N) is 2. The van der Waals surface area contributed by atoms with E-state index in [-0.39, 0.29) is 17.6 Å². The molecule has 2 heterocycles. The zero-order valence-electron chi connectivity index (χ0n) is 15.8. The summed E-state index contributed by atoms with van der Waals surface area (Å²) in [7, 11) is 1.58. The van der Waals surface area contributed by atoms with Crippen molar-refractivity contribution in [3.05, 3.63) is 102 Å². The van der Waals surface area contributed by atoms with Crippen molar-refractivity contribution >= 4 is 5.91 Å². The number of ether oxygens (including phenoxy) is 1. The molecule has 1 atom stereocenters. The van der Waals surface area contributed by atoms with Crippen molar-refractivity contribution in [1.29, 1.82) is 0 Å². The third-order valence-corrected chi connectivity index (χ3v) is 4.54. The van der Waals surface area contributed by atoms with Crippen molar-refractivity contribution in [2.75, 3.05) is 7.11 Å². The molecule has 0 aliphatic carbocycles. The summed E-state index contributed by atoms with van der Waals surface area (Å²) >= 11 is 0. The van der Waals surface area contributed by atoms with Crippen LogP contribution in [0.15, 0.2) is 89.7 Å². The minimum Gasteiger partial charge on any atom is -0.496 e. The van der Waals surface area contributed by atoms with Crippen molar-refractivity contribution in [2.24, 2.45) is 0 Å². The van der Waals surface area contributed by atoms with Crippen molar-refractivity contribution in [3.63, 3.8) is 0 Å². The molecule has 0 spiro atoms. The van der Waals surface area contributed by atoms with Crippen LogP contribution in [0.4, 0.5) is 0 Å². The Hall–Kier alpha value is -3.93. The van der Waals surface area contributed by atoms with Gasteiger partial charge in [-0.1, -0.05) is 53.7 Å². The highest BCUT2D eigenvalue weighted by atomic mass is 16.5. The first-order chi connectivity index (χ1) is 14.3. The van der Waals surface area contributed by atoms with E-state index in [4.69, 9.17) is 9.26 Å². The smallest absolute Gasteiger partial charge is 0.274 e. The third kappa shape index (κ3) is 4.01. The Morgan fingerprint density at radius 2 is 1.76 bits per heavy atom. The predicted octanol–water partition coefficient (Wildman–Crippen LogP) is 4.26. The second-order valence-electron chi connectivity index (χ2n) is 6.38. The van der Waals surface area contributed by atoms with Crippen molar-refractivity contribution < 1.29 is 14.1 Å². The van der Waals surface area contributed by atoms with E-state index < -0.39 is 0 Å². The van der Waals surface area contributed by atoms with Crippen LogP contribution in [0.3, 0.4) is 0 Å². The predicted molar refractivity (Wildman–Crippen MR) is 108 cm³/mol. The van der Waals surface area contributed by atoms with Crippen molar-refractivity contribution in [1.82, 2.24) is 15.5 Å². The van der Waals surface area contributed by atoms with Gasteiger partial charge in [0.1, 0.15) is 5.75 Å². The average molecular weight is 385 g/mol. The zero-order valence-corrected chi connectivity index (χ0v) is 15.8. The van der Waals surface area contributed by atoms with Crippen LogP contribution >= 0.6 is 0 Å². The molecule has 4 rings (SSSR count). The van der Waals surface area contributed by atoms with Gasteiger partial charge in [-0.15, -0.1) is 0 Å². The lowest BCUT2D eigenvalue weighted by molar-refractivity contribution is 0.0934. The topological polar surface area (TPSA) is 77.2 Å². The van der Waals surface area contributed by atoms with E-state index in [2.05, 4.69) is 15.5 Å². The first-order valence-corrected chi connectivity index (χ1v) is 9.12. The Kier molecular flexibility index (Phi) is 5.33. The van der Waals surface area contributed by atoms with E-state index in [9.17, 15) is 4.79 Å². The number of para-hydroxylation sites is 1. The van der Waals surface area contributed by atoms with E-state index >= 15 is 0 Å². The monoisotopic (exact) mass is 385 g/mol. The van der Waals surface area contributed by atoms with Crippen LogP contribution < -0.4 is 10.1 Å². The highest BCUT2D eigenvalue weighted by Gasteiger charge is 2.21. The van der Waals surface area contributed by atoms with E-state index in [1.54, 1.807) is 25.6 Å². The zero-order chi connectivity index (χ0) is 20.1.